The highest BCUT2D eigenvalue weighted by molar-refractivity contribution is 7.47. The van der Waals surface area contributed by atoms with Crippen molar-refractivity contribution in [3.05, 3.63) is 0 Å². The van der Waals surface area contributed by atoms with Gasteiger partial charge in [-0.2, -0.15) is 0 Å². The molecule has 0 aromatic heterocycles. The minimum absolute atomic E-state index is 0.102. The standard InChI is InChI=1S/C76H148O17P2/c1-9-68(7)54-46-38-29-23-19-15-11-13-17-21-25-31-40-48-56-73(78)86-63-72(93-76(81)59-51-43-35-34-37-45-53-67(5)6)65-91-95(84,85)89-61-70(77)60-88-94(82,83)90-64-71(62-87-74(79)57-49-41-33-27-28-36-44-52-66(3)4)92-75(80)58-50-42-32-26-22-18-14-12-16-20-24-30-39-47-55-69(8)10-2/h66-72,77H,9-65H2,1-8H3,(H,82,83)(H,84,85)/t68?,69?,70?,71-,72-/m1/s1. The normalized spacial score (nSPS) is 14.7. The molecule has 95 heavy (non-hydrogen) atoms. The van der Waals surface area contributed by atoms with Gasteiger partial charge in [0.05, 0.1) is 26.4 Å². The molecule has 0 aliphatic carbocycles. The van der Waals surface area contributed by atoms with Gasteiger partial charge in [-0.05, 0) is 49.4 Å². The Balaban J connectivity index is 5.16. The second kappa shape index (κ2) is 65.4. The number of ether oxygens (including phenoxy) is 4. The highest BCUT2D eigenvalue weighted by Gasteiger charge is 2.30. The number of unbranched alkanes of at least 4 members (excludes halogenated alkanes) is 37. The fraction of sp³-hybridized carbons (Fsp3) is 0.947. The van der Waals surface area contributed by atoms with Crippen molar-refractivity contribution in [2.24, 2.45) is 23.7 Å². The molecule has 0 aromatic carbocycles. The number of carbonyl (C=O) groups is 4. The van der Waals surface area contributed by atoms with Crippen LogP contribution in [0.1, 0.15) is 383 Å². The summed E-state index contributed by atoms with van der Waals surface area (Å²) in [7, 11) is -9.91. The molecule has 0 rings (SSSR count). The van der Waals surface area contributed by atoms with Gasteiger partial charge in [0.15, 0.2) is 12.2 Å². The first-order valence-electron chi connectivity index (χ1n) is 39.3. The predicted octanol–water partition coefficient (Wildman–Crippen LogP) is 22.0. The second-order valence-electron chi connectivity index (χ2n) is 28.8. The van der Waals surface area contributed by atoms with Gasteiger partial charge in [-0.25, -0.2) is 9.13 Å². The van der Waals surface area contributed by atoms with Crippen molar-refractivity contribution in [3.8, 4) is 0 Å². The highest BCUT2D eigenvalue weighted by atomic mass is 31.2. The molecule has 0 aliphatic heterocycles. The van der Waals surface area contributed by atoms with Gasteiger partial charge in [0, 0.05) is 25.7 Å². The van der Waals surface area contributed by atoms with Gasteiger partial charge in [0.1, 0.15) is 19.3 Å². The van der Waals surface area contributed by atoms with Crippen molar-refractivity contribution in [3.63, 3.8) is 0 Å². The molecule has 0 saturated heterocycles. The molecule has 0 spiro atoms. The van der Waals surface area contributed by atoms with Crippen LogP contribution in [0.3, 0.4) is 0 Å². The molecule has 0 aromatic rings. The molecule has 5 unspecified atom stereocenters. The van der Waals surface area contributed by atoms with Crippen LogP contribution in [0, 0.1) is 23.7 Å². The monoisotopic (exact) mass is 1400 g/mol. The van der Waals surface area contributed by atoms with Crippen molar-refractivity contribution in [2.75, 3.05) is 39.6 Å². The van der Waals surface area contributed by atoms with Crippen molar-refractivity contribution < 1.29 is 80.2 Å². The van der Waals surface area contributed by atoms with Gasteiger partial charge in [0.25, 0.3) is 0 Å². The first-order valence-corrected chi connectivity index (χ1v) is 42.3. The van der Waals surface area contributed by atoms with E-state index in [-0.39, 0.29) is 25.7 Å². The number of phosphoric acid groups is 2. The maximum Gasteiger partial charge on any atom is 0.472 e. The van der Waals surface area contributed by atoms with Crippen LogP contribution in [0.15, 0.2) is 0 Å². The summed E-state index contributed by atoms with van der Waals surface area (Å²) in [5, 5.41) is 10.6. The summed E-state index contributed by atoms with van der Waals surface area (Å²) < 4.78 is 68.4. The summed E-state index contributed by atoms with van der Waals surface area (Å²) in [4.78, 5) is 72.7. The molecular weight excluding hydrogens is 1250 g/mol. The topological polar surface area (TPSA) is 237 Å². The zero-order chi connectivity index (χ0) is 70.3. The van der Waals surface area contributed by atoms with E-state index in [1.165, 1.54) is 180 Å². The van der Waals surface area contributed by atoms with E-state index in [2.05, 4.69) is 55.4 Å². The van der Waals surface area contributed by atoms with Crippen LogP contribution >= 0.6 is 15.6 Å². The fourth-order valence-corrected chi connectivity index (χ4v) is 13.1. The first kappa shape index (κ1) is 93.1. The third-order valence-electron chi connectivity index (χ3n) is 18.3. The highest BCUT2D eigenvalue weighted by Crippen LogP contribution is 2.45. The lowest BCUT2D eigenvalue weighted by Gasteiger charge is -2.21. The Morgan fingerprint density at radius 2 is 0.505 bits per heavy atom. The average molecular weight is 1400 g/mol. The van der Waals surface area contributed by atoms with Crippen LogP contribution in [0.25, 0.3) is 0 Å². The van der Waals surface area contributed by atoms with E-state index < -0.39 is 97.5 Å². The Morgan fingerprint density at radius 1 is 0.295 bits per heavy atom. The van der Waals surface area contributed by atoms with E-state index >= 15 is 0 Å². The van der Waals surface area contributed by atoms with Gasteiger partial charge in [-0.3, -0.25) is 37.3 Å². The fourth-order valence-electron chi connectivity index (χ4n) is 11.5. The molecule has 19 heteroatoms. The quantitative estimate of drug-likeness (QED) is 0.0222. The molecule has 0 amide bonds. The van der Waals surface area contributed by atoms with Crippen LogP contribution < -0.4 is 0 Å². The zero-order valence-corrected chi connectivity index (χ0v) is 64.1. The van der Waals surface area contributed by atoms with E-state index in [1.807, 2.05) is 0 Å². The van der Waals surface area contributed by atoms with Crippen molar-refractivity contribution >= 4 is 39.5 Å². The number of hydrogen-bond donors (Lipinski definition) is 3. The summed E-state index contributed by atoms with van der Waals surface area (Å²) >= 11 is 0. The predicted molar refractivity (Wildman–Crippen MR) is 386 cm³/mol. The number of carbonyl (C=O) groups excluding carboxylic acids is 4. The minimum atomic E-state index is -4.96. The van der Waals surface area contributed by atoms with Gasteiger partial charge in [-0.15, -0.1) is 0 Å². The van der Waals surface area contributed by atoms with Crippen LogP contribution in [-0.2, 0) is 65.4 Å². The Hall–Kier alpha value is -1.94. The summed E-state index contributed by atoms with van der Waals surface area (Å²) in [5.74, 6) is 0.944. The second-order valence-corrected chi connectivity index (χ2v) is 31.7. The zero-order valence-electron chi connectivity index (χ0n) is 62.3. The number of esters is 4. The minimum Gasteiger partial charge on any atom is -0.462 e. The Kier molecular flexibility index (Phi) is 64.0. The lowest BCUT2D eigenvalue weighted by atomic mass is 9.99. The molecule has 0 heterocycles. The van der Waals surface area contributed by atoms with E-state index in [0.29, 0.717) is 37.5 Å². The molecular formula is C76H148O17P2. The van der Waals surface area contributed by atoms with Crippen LogP contribution in [0.5, 0.6) is 0 Å². The lowest BCUT2D eigenvalue weighted by molar-refractivity contribution is -0.161. The largest absolute Gasteiger partial charge is 0.472 e. The number of rotatable bonds is 73. The molecule has 564 valence electrons. The first-order chi connectivity index (χ1) is 45.7. The van der Waals surface area contributed by atoms with Crippen LogP contribution in [-0.4, -0.2) is 96.7 Å². The number of aliphatic hydroxyl groups is 1. The van der Waals surface area contributed by atoms with Crippen LogP contribution in [0.2, 0.25) is 0 Å². The van der Waals surface area contributed by atoms with Gasteiger partial charge < -0.3 is 33.8 Å². The molecule has 0 radical (unpaired) electrons. The molecule has 0 fully saturated rings. The maximum atomic E-state index is 13.1. The number of aliphatic hydroxyl groups excluding tert-OH is 1. The van der Waals surface area contributed by atoms with E-state index in [9.17, 15) is 43.2 Å². The van der Waals surface area contributed by atoms with Gasteiger partial charge >= 0.3 is 39.5 Å². The maximum absolute atomic E-state index is 13.1. The molecule has 3 N–H and O–H groups in total. The molecule has 17 nitrogen and oxygen atoms in total. The number of hydrogen-bond acceptors (Lipinski definition) is 15. The SMILES string of the molecule is CCC(C)CCCCCCCCCCCCCCCCC(=O)OC[C@H](COP(=O)(O)OCC(O)COP(=O)(O)OC[C@@H](COC(=O)CCCCCCCCCC(C)C)OC(=O)CCCCCCCCCCCCCCCCC(C)CC)OC(=O)CCCCCCCCC(C)C. The van der Waals surface area contributed by atoms with Gasteiger partial charge in [-0.1, -0.05) is 331 Å². The van der Waals surface area contributed by atoms with Crippen LogP contribution in [0.4, 0.5) is 0 Å². The van der Waals surface area contributed by atoms with E-state index in [0.717, 1.165) is 108 Å². The Morgan fingerprint density at radius 3 is 0.747 bits per heavy atom. The van der Waals surface area contributed by atoms with E-state index in [4.69, 9.17) is 37.0 Å². The lowest BCUT2D eigenvalue weighted by Crippen LogP contribution is -2.30. The summed E-state index contributed by atoms with van der Waals surface area (Å²) in [6, 6.07) is 0. The number of phosphoric ester groups is 2. The molecule has 0 aliphatic rings. The van der Waals surface area contributed by atoms with E-state index in [1.54, 1.807) is 0 Å². The third-order valence-corrected chi connectivity index (χ3v) is 20.2. The average Bonchev–Trinajstić information content (AvgIpc) is 1.38. The van der Waals surface area contributed by atoms with Crippen molar-refractivity contribution in [2.45, 2.75) is 401 Å². The molecule has 0 saturated carbocycles. The summed E-state index contributed by atoms with van der Waals surface area (Å²) in [5.41, 5.74) is 0. The summed E-state index contributed by atoms with van der Waals surface area (Å²) in [6.07, 6.45) is 50.2. The third kappa shape index (κ3) is 67.6. The van der Waals surface area contributed by atoms with Crippen molar-refractivity contribution in [1.29, 1.82) is 0 Å². The Labute approximate surface area is 581 Å². The smallest absolute Gasteiger partial charge is 0.462 e. The summed E-state index contributed by atoms with van der Waals surface area (Å²) in [6.45, 7) is 14.2. The molecule has 7 atom stereocenters. The molecule has 0 bridgehead atoms. The van der Waals surface area contributed by atoms with Crippen molar-refractivity contribution in [1.82, 2.24) is 0 Å². The Bertz CT molecular complexity index is 1870. The van der Waals surface area contributed by atoms with Gasteiger partial charge in [0.2, 0.25) is 0 Å².